The number of rotatable bonds is 5. The zero-order valence-electron chi connectivity index (χ0n) is 11.5. The van der Waals surface area contributed by atoms with Crippen molar-refractivity contribution >= 4 is 23.4 Å². The molecule has 0 aromatic carbocycles. The molecule has 1 heterocycles. The Labute approximate surface area is 121 Å². The highest BCUT2D eigenvalue weighted by Crippen LogP contribution is 2.25. The van der Waals surface area contributed by atoms with E-state index in [9.17, 15) is 14.7 Å². The first-order valence-electron chi connectivity index (χ1n) is 6.98. The van der Waals surface area contributed by atoms with Crippen molar-refractivity contribution in [3.63, 3.8) is 0 Å². The van der Waals surface area contributed by atoms with Gasteiger partial charge in [0.25, 0.3) is 5.91 Å². The predicted molar refractivity (Wildman–Crippen MR) is 74.8 cm³/mol. The summed E-state index contributed by atoms with van der Waals surface area (Å²) in [6.07, 6.45) is 4.82. The second-order valence-corrected chi connectivity index (χ2v) is 5.86. The van der Waals surface area contributed by atoms with Gasteiger partial charge < -0.3 is 10.4 Å². The van der Waals surface area contributed by atoms with Gasteiger partial charge in [-0.05, 0) is 30.8 Å². The third kappa shape index (κ3) is 3.33. The van der Waals surface area contributed by atoms with Crippen LogP contribution in [0.5, 0.6) is 0 Å². The van der Waals surface area contributed by atoms with Crippen LogP contribution in [0.1, 0.15) is 54.4 Å². The lowest BCUT2D eigenvalue weighted by Crippen LogP contribution is -2.45. The number of carbonyl (C=O) groups excluding carboxylic acids is 1. The minimum Gasteiger partial charge on any atom is -0.481 e. The van der Waals surface area contributed by atoms with Crippen molar-refractivity contribution in [2.45, 2.75) is 51.5 Å². The lowest BCUT2D eigenvalue weighted by molar-refractivity contribution is -0.143. The van der Waals surface area contributed by atoms with Crippen LogP contribution in [-0.2, 0) is 11.2 Å². The smallest absolute Gasteiger partial charge is 0.308 e. The first kappa shape index (κ1) is 14.9. The molecule has 6 nitrogen and oxygen atoms in total. The summed E-state index contributed by atoms with van der Waals surface area (Å²) in [5.41, 5.74) is 0.706. The van der Waals surface area contributed by atoms with Crippen LogP contribution in [0.3, 0.4) is 0 Å². The molecule has 1 aliphatic rings. The van der Waals surface area contributed by atoms with E-state index in [2.05, 4.69) is 14.9 Å². The van der Waals surface area contributed by atoms with Crippen molar-refractivity contribution in [2.24, 2.45) is 5.92 Å². The molecule has 1 amide bonds. The van der Waals surface area contributed by atoms with Crippen molar-refractivity contribution in [1.29, 1.82) is 0 Å². The molecule has 0 aliphatic heterocycles. The van der Waals surface area contributed by atoms with E-state index in [0.717, 1.165) is 37.2 Å². The summed E-state index contributed by atoms with van der Waals surface area (Å²) in [6.45, 7) is 2.02. The Morgan fingerprint density at radius 2 is 2.15 bits per heavy atom. The van der Waals surface area contributed by atoms with E-state index < -0.39 is 11.9 Å². The molecular formula is C13H19N3O3S. The number of hydrogen-bond acceptors (Lipinski definition) is 5. The second-order valence-electron chi connectivity index (χ2n) is 5.11. The lowest BCUT2D eigenvalue weighted by Gasteiger charge is -2.29. The molecule has 0 spiro atoms. The van der Waals surface area contributed by atoms with Crippen LogP contribution in [0.4, 0.5) is 0 Å². The minimum atomic E-state index is -0.828. The average molecular weight is 297 g/mol. The fraction of sp³-hybridized carbons (Fsp3) is 0.692. The third-order valence-electron chi connectivity index (χ3n) is 3.65. The number of aliphatic carboxylic acids is 1. The van der Waals surface area contributed by atoms with Gasteiger partial charge in [0, 0.05) is 6.04 Å². The van der Waals surface area contributed by atoms with Crippen LogP contribution in [0.25, 0.3) is 0 Å². The highest BCUT2D eigenvalue weighted by Gasteiger charge is 2.32. The lowest BCUT2D eigenvalue weighted by atomic mass is 9.84. The molecule has 7 heteroatoms. The molecule has 1 saturated carbocycles. The van der Waals surface area contributed by atoms with E-state index in [4.69, 9.17) is 0 Å². The largest absolute Gasteiger partial charge is 0.481 e. The minimum absolute atomic E-state index is 0.235. The molecule has 1 aromatic rings. The summed E-state index contributed by atoms with van der Waals surface area (Å²) >= 11 is 1.08. The molecule has 0 radical (unpaired) electrons. The average Bonchev–Trinajstić information content (AvgIpc) is 2.88. The Morgan fingerprint density at radius 1 is 1.40 bits per heavy atom. The SMILES string of the molecule is CCCc1nnsc1C(=O)NC1CCCCC1C(=O)O. The van der Waals surface area contributed by atoms with Crippen LogP contribution in [-0.4, -0.2) is 32.6 Å². The molecule has 2 N–H and O–H groups in total. The van der Waals surface area contributed by atoms with Crippen molar-refractivity contribution in [3.05, 3.63) is 10.6 Å². The normalized spacial score (nSPS) is 22.4. The number of nitrogens with one attached hydrogen (secondary N) is 1. The van der Waals surface area contributed by atoms with Gasteiger partial charge in [0.05, 0.1) is 11.6 Å². The molecule has 2 unspecified atom stereocenters. The number of nitrogens with zero attached hydrogens (tertiary/aromatic N) is 2. The Hall–Kier alpha value is -1.50. The van der Waals surface area contributed by atoms with Gasteiger partial charge in [-0.15, -0.1) is 5.10 Å². The summed E-state index contributed by atoms with van der Waals surface area (Å²) in [6, 6.07) is -0.287. The molecule has 0 bridgehead atoms. The van der Waals surface area contributed by atoms with Gasteiger partial charge in [-0.2, -0.15) is 0 Å². The van der Waals surface area contributed by atoms with Crippen LogP contribution >= 0.6 is 11.5 Å². The number of hydrogen-bond donors (Lipinski definition) is 2. The van der Waals surface area contributed by atoms with Crippen molar-refractivity contribution in [1.82, 2.24) is 14.9 Å². The first-order chi connectivity index (χ1) is 9.63. The number of carboxylic acid groups (broad SMARTS) is 1. The second kappa shape index (κ2) is 6.78. The topological polar surface area (TPSA) is 92.2 Å². The molecule has 110 valence electrons. The fourth-order valence-electron chi connectivity index (χ4n) is 2.61. The summed E-state index contributed by atoms with van der Waals surface area (Å²) in [5, 5.41) is 16.0. The monoisotopic (exact) mass is 297 g/mol. The predicted octanol–water partition coefficient (Wildman–Crippen LogP) is 1.86. The Kier molecular flexibility index (Phi) is 5.05. The van der Waals surface area contributed by atoms with Gasteiger partial charge >= 0.3 is 5.97 Å². The van der Waals surface area contributed by atoms with Gasteiger partial charge in [0.15, 0.2) is 0 Å². The highest BCUT2D eigenvalue weighted by molar-refractivity contribution is 7.08. The number of aromatic nitrogens is 2. The Bertz CT molecular complexity index is 489. The number of amides is 1. The fourth-order valence-corrected chi connectivity index (χ4v) is 3.23. The molecular weight excluding hydrogens is 278 g/mol. The van der Waals surface area contributed by atoms with Crippen molar-refractivity contribution in [2.75, 3.05) is 0 Å². The van der Waals surface area contributed by atoms with Gasteiger partial charge in [0.1, 0.15) is 4.88 Å². The maximum atomic E-state index is 12.3. The quantitative estimate of drug-likeness (QED) is 0.865. The standard InChI is InChI=1S/C13H19N3O3S/c1-2-5-10-11(20-16-15-10)12(17)14-9-7-4-3-6-8(9)13(18)19/h8-9H,2-7H2,1H3,(H,14,17)(H,18,19). The summed E-state index contributed by atoms with van der Waals surface area (Å²) in [4.78, 5) is 24.0. The first-order valence-corrected chi connectivity index (χ1v) is 7.75. The third-order valence-corrected chi connectivity index (χ3v) is 4.42. The zero-order valence-corrected chi connectivity index (χ0v) is 12.3. The van der Waals surface area contributed by atoms with E-state index in [0.29, 0.717) is 23.4 Å². The van der Waals surface area contributed by atoms with Crippen LogP contribution in [0.2, 0.25) is 0 Å². The van der Waals surface area contributed by atoms with E-state index in [1.165, 1.54) is 0 Å². The molecule has 1 aliphatic carbocycles. The number of aryl methyl sites for hydroxylation is 1. The maximum Gasteiger partial charge on any atom is 0.308 e. The van der Waals surface area contributed by atoms with Crippen molar-refractivity contribution in [3.8, 4) is 0 Å². The van der Waals surface area contributed by atoms with Gasteiger partial charge in [-0.3, -0.25) is 9.59 Å². The molecule has 20 heavy (non-hydrogen) atoms. The maximum absolute atomic E-state index is 12.3. The number of carbonyl (C=O) groups is 2. The van der Waals surface area contributed by atoms with E-state index in [1.807, 2.05) is 6.92 Å². The van der Waals surface area contributed by atoms with E-state index in [1.54, 1.807) is 0 Å². The highest BCUT2D eigenvalue weighted by atomic mass is 32.1. The Morgan fingerprint density at radius 3 is 2.85 bits per heavy atom. The number of carboxylic acids is 1. The van der Waals surface area contributed by atoms with Crippen LogP contribution in [0.15, 0.2) is 0 Å². The van der Waals surface area contributed by atoms with Crippen molar-refractivity contribution < 1.29 is 14.7 Å². The summed E-state index contributed by atoms with van der Waals surface area (Å²) in [5.74, 6) is -1.55. The van der Waals surface area contributed by atoms with Gasteiger partial charge in [-0.25, -0.2) is 0 Å². The summed E-state index contributed by atoms with van der Waals surface area (Å²) < 4.78 is 3.82. The van der Waals surface area contributed by atoms with Gasteiger partial charge in [0.2, 0.25) is 0 Å². The van der Waals surface area contributed by atoms with Crippen LogP contribution < -0.4 is 5.32 Å². The van der Waals surface area contributed by atoms with Crippen LogP contribution in [0, 0.1) is 5.92 Å². The van der Waals surface area contributed by atoms with E-state index in [-0.39, 0.29) is 11.9 Å². The molecule has 2 atom stereocenters. The molecule has 1 fully saturated rings. The summed E-state index contributed by atoms with van der Waals surface area (Å²) in [7, 11) is 0. The molecule has 2 rings (SSSR count). The Balaban J connectivity index is 2.06. The zero-order chi connectivity index (χ0) is 14.5. The molecule has 0 saturated heterocycles. The van der Waals surface area contributed by atoms with Gasteiger partial charge in [-0.1, -0.05) is 30.7 Å². The molecule has 1 aromatic heterocycles. The van der Waals surface area contributed by atoms with E-state index >= 15 is 0 Å².